The minimum atomic E-state index is 0.559. The molecule has 0 bridgehead atoms. The molecule has 0 spiro atoms. The Morgan fingerprint density at radius 3 is 2.94 bits per heavy atom. The Kier molecular flexibility index (Phi) is 2.95. The van der Waals surface area contributed by atoms with Crippen LogP contribution in [0.2, 0.25) is 0 Å². The van der Waals surface area contributed by atoms with E-state index in [1.807, 2.05) is 20.0 Å². The average Bonchev–Trinajstić information content (AvgIpc) is 2.79. The predicted molar refractivity (Wildman–Crippen MR) is 64.0 cm³/mol. The van der Waals surface area contributed by atoms with Gasteiger partial charge in [0.15, 0.2) is 5.82 Å². The fourth-order valence-corrected chi connectivity index (χ4v) is 1.74. The van der Waals surface area contributed by atoms with E-state index in [0.29, 0.717) is 6.61 Å². The first-order valence-corrected chi connectivity index (χ1v) is 5.60. The highest BCUT2D eigenvalue weighted by Crippen LogP contribution is 2.29. The van der Waals surface area contributed by atoms with Crippen LogP contribution in [0.3, 0.4) is 0 Å². The number of nitrogens with zero attached hydrogens (tertiary/aromatic N) is 2. The van der Waals surface area contributed by atoms with Crippen LogP contribution >= 0.6 is 0 Å². The lowest BCUT2D eigenvalue weighted by molar-refractivity contribution is 0.279. The molecule has 0 fully saturated rings. The summed E-state index contributed by atoms with van der Waals surface area (Å²) in [5.74, 6) is 1.90. The highest BCUT2D eigenvalue weighted by atomic mass is 16.5. The fraction of sp³-hybridized carbons (Fsp3) is 0.308. The van der Waals surface area contributed by atoms with Crippen molar-refractivity contribution >= 4 is 0 Å². The minimum Gasteiger partial charge on any atom is -0.483 e. The Hall–Kier alpha value is -1.77. The van der Waals surface area contributed by atoms with Gasteiger partial charge in [-0.05, 0) is 24.6 Å². The molecule has 84 valence electrons. The second kappa shape index (κ2) is 4.39. The number of benzene rings is 1. The number of imidazole rings is 1. The summed E-state index contributed by atoms with van der Waals surface area (Å²) >= 11 is 0. The zero-order valence-corrected chi connectivity index (χ0v) is 9.90. The zero-order chi connectivity index (χ0) is 11.5. The van der Waals surface area contributed by atoms with Crippen LogP contribution in [0.4, 0.5) is 0 Å². The molecule has 1 aliphatic heterocycles. The first-order valence-electron chi connectivity index (χ1n) is 5.60. The van der Waals surface area contributed by atoms with E-state index >= 15 is 0 Å². The maximum Gasteiger partial charge on any atom is 0.151 e. The van der Waals surface area contributed by atoms with Gasteiger partial charge >= 0.3 is 0 Å². The molecule has 0 radical (unpaired) electrons. The first kappa shape index (κ1) is 10.7. The minimum absolute atomic E-state index is 0.559. The lowest BCUT2D eigenvalue weighted by Gasteiger charge is -2.19. The molecule has 1 aromatic carbocycles. The molecule has 1 aliphatic rings. The molecule has 0 atom stereocenters. The van der Waals surface area contributed by atoms with Crippen molar-refractivity contribution in [2.24, 2.45) is 0 Å². The summed E-state index contributed by atoms with van der Waals surface area (Å²) in [6.07, 6.45) is 3.76. The largest absolute Gasteiger partial charge is 0.483 e. The van der Waals surface area contributed by atoms with Gasteiger partial charge in [-0.3, -0.25) is 4.57 Å². The van der Waals surface area contributed by atoms with Crippen molar-refractivity contribution < 1.29 is 4.74 Å². The van der Waals surface area contributed by atoms with Crippen LogP contribution in [0.25, 0.3) is 5.69 Å². The Morgan fingerprint density at radius 1 is 1.31 bits per heavy atom. The highest BCUT2D eigenvalue weighted by Gasteiger charge is 2.16. The van der Waals surface area contributed by atoms with Gasteiger partial charge in [0.25, 0.3) is 0 Å². The monoisotopic (exact) mass is 216 g/mol. The van der Waals surface area contributed by atoms with E-state index in [9.17, 15) is 0 Å². The molecule has 0 unspecified atom stereocenters. The number of ether oxygens (including phenoxy) is 1. The predicted octanol–water partition coefficient (Wildman–Crippen LogP) is 3.10. The number of aryl methyl sites for hydroxylation is 1. The molecule has 3 rings (SSSR count). The van der Waals surface area contributed by atoms with Crippen LogP contribution in [0, 0.1) is 6.92 Å². The van der Waals surface area contributed by atoms with Gasteiger partial charge in [0.05, 0.1) is 5.69 Å². The van der Waals surface area contributed by atoms with E-state index in [4.69, 9.17) is 4.74 Å². The molecule has 3 heteroatoms. The van der Waals surface area contributed by atoms with Gasteiger partial charge in [-0.25, -0.2) is 4.98 Å². The zero-order valence-electron chi connectivity index (χ0n) is 9.90. The first-order chi connectivity index (χ1) is 7.84. The van der Waals surface area contributed by atoms with Crippen molar-refractivity contribution in [2.45, 2.75) is 27.4 Å². The van der Waals surface area contributed by atoms with Crippen LogP contribution in [0.5, 0.6) is 5.75 Å². The Bertz CT molecular complexity index is 488. The summed E-state index contributed by atoms with van der Waals surface area (Å²) in [6.45, 7) is 6.62. The summed E-state index contributed by atoms with van der Waals surface area (Å²) in [5.41, 5.74) is 2.29. The number of fused-ring (bicyclic) bond motifs is 3. The summed E-state index contributed by atoms with van der Waals surface area (Å²) in [5, 5.41) is 0. The van der Waals surface area contributed by atoms with Gasteiger partial charge in [0, 0.05) is 12.4 Å². The molecule has 0 saturated heterocycles. The van der Waals surface area contributed by atoms with Crippen molar-refractivity contribution in [1.82, 2.24) is 9.55 Å². The molecule has 0 aliphatic carbocycles. The van der Waals surface area contributed by atoms with Gasteiger partial charge in [-0.2, -0.15) is 0 Å². The van der Waals surface area contributed by atoms with Crippen molar-refractivity contribution in [2.75, 3.05) is 0 Å². The van der Waals surface area contributed by atoms with Crippen molar-refractivity contribution in [3.63, 3.8) is 0 Å². The highest BCUT2D eigenvalue weighted by molar-refractivity contribution is 5.50. The van der Waals surface area contributed by atoms with Crippen LogP contribution in [-0.2, 0) is 6.61 Å². The van der Waals surface area contributed by atoms with Crippen LogP contribution < -0.4 is 4.74 Å². The van der Waals surface area contributed by atoms with Gasteiger partial charge in [0.1, 0.15) is 12.4 Å². The molecule has 0 amide bonds. The second-order valence-electron chi connectivity index (χ2n) is 3.47. The Labute approximate surface area is 95.7 Å². The molecule has 3 nitrogen and oxygen atoms in total. The molecule has 0 saturated carbocycles. The number of hydrogen-bond acceptors (Lipinski definition) is 2. The van der Waals surface area contributed by atoms with E-state index in [0.717, 1.165) is 17.3 Å². The molecule has 2 aromatic rings. The van der Waals surface area contributed by atoms with Gasteiger partial charge in [-0.15, -0.1) is 0 Å². The summed E-state index contributed by atoms with van der Waals surface area (Å²) in [7, 11) is 0. The van der Waals surface area contributed by atoms with E-state index in [1.54, 1.807) is 6.20 Å². The smallest absolute Gasteiger partial charge is 0.151 e. The van der Waals surface area contributed by atoms with E-state index in [2.05, 4.69) is 34.7 Å². The number of aromatic nitrogens is 2. The van der Waals surface area contributed by atoms with Gasteiger partial charge < -0.3 is 4.74 Å². The molecular weight excluding hydrogens is 200 g/mol. The fourth-order valence-electron chi connectivity index (χ4n) is 1.74. The van der Waals surface area contributed by atoms with Crippen molar-refractivity contribution in [1.29, 1.82) is 0 Å². The van der Waals surface area contributed by atoms with Gasteiger partial charge in [-0.1, -0.05) is 19.9 Å². The molecule has 1 aromatic heterocycles. The topological polar surface area (TPSA) is 27.1 Å². The molecule has 16 heavy (non-hydrogen) atoms. The standard InChI is InChI=1S/C11H10N2O.C2H6/c1-8-2-3-9-10(6-8)14-7-11-12-4-5-13(9)11;1-2/h2-6H,7H2,1H3;1-2H3. The van der Waals surface area contributed by atoms with Crippen LogP contribution in [0.15, 0.2) is 30.6 Å². The SMILES string of the molecule is CC.Cc1ccc2c(c1)OCc1nccn1-2. The van der Waals surface area contributed by atoms with Gasteiger partial charge in [0.2, 0.25) is 0 Å². The van der Waals surface area contributed by atoms with Crippen LogP contribution in [0.1, 0.15) is 25.2 Å². The van der Waals surface area contributed by atoms with E-state index in [1.165, 1.54) is 5.56 Å². The maximum atomic E-state index is 5.61. The Morgan fingerprint density at radius 2 is 2.12 bits per heavy atom. The summed E-state index contributed by atoms with van der Waals surface area (Å²) in [6, 6.07) is 6.20. The number of rotatable bonds is 0. The third-order valence-corrected chi connectivity index (χ3v) is 2.45. The van der Waals surface area contributed by atoms with Crippen LogP contribution in [-0.4, -0.2) is 9.55 Å². The third-order valence-electron chi connectivity index (χ3n) is 2.45. The third kappa shape index (κ3) is 1.69. The molecule has 0 N–H and O–H groups in total. The lowest BCUT2D eigenvalue weighted by atomic mass is 10.2. The lowest BCUT2D eigenvalue weighted by Crippen LogP contribution is -2.12. The summed E-state index contributed by atoms with van der Waals surface area (Å²) < 4.78 is 7.67. The van der Waals surface area contributed by atoms with E-state index < -0.39 is 0 Å². The van der Waals surface area contributed by atoms with Crippen molar-refractivity contribution in [3.8, 4) is 11.4 Å². The average molecular weight is 216 g/mol. The Balaban J connectivity index is 0.000000457. The van der Waals surface area contributed by atoms with Crippen molar-refractivity contribution in [3.05, 3.63) is 42.0 Å². The molecule has 2 heterocycles. The second-order valence-corrected chi connectivity index (χ2v) is 3.47. The summed E-state index contributed by atoms with van der Waals surface area (Å²) in [4.78, 5) is 4.22. The quantitative estimate of drug-likeness (QED) is 0.676. The normalized spacial score (nSPS) is 11.7. The molecular formula is C13H16N2O. The van der Waals surface area contributed by atoms with E-state index in [-0.39, 0.29) is 0 Å². The number of hydrogen-bond donors (Lipinski definition) is 0. The maximum absolute atomic E-state index is 5.61.